The highest BCUT2D eigenvalue weighted by Gasteiger charge is 2.28. The molecule has 5 nitrogen and oxygen atoms in total. The fourth-order valence-corrected chi connectivity index (χ4v) is 4.52. The second-order valence-electron chi connectivity index (χ2n) is 7.72. The van der Waals surface area contributed by atoms with Gasteiger partial charge in [0.05, 0.1) is 5.69 Å². The first-order valence-electron chi connectivity index (χ1n) is 9.77. The lowest BCUT2D eigenvalue weighted by Crippen LogP contribution is -2.19. The van der Waals surface area contributed by atoms with Crippen LogP contribution in [0.15, 0.2) is 66.4 Å². The average molecular weight is 360 g/mol. The SMILES string of the molecule is OC[C@@H]1CC[C@H](Nc2ccnc3cc(C4C=CC=C5C=CC=CC54)nn23)C1. The van der Waals surface area contributed by atoms with E-state index in [4.69, 9.17) is 5.10 Å². The van der Waals surface area contributed by atoms with Crippen LogP contribution in [-0.2, 0) is 0 Å². The van der Waals surface area contributed by atoms with Crippen LogP contribution >= 0.6 is 0 Å². The number of aliphatic hydroxyl groups is 1. The van der Waals surface area contributed by atoms with E-state index >= 15 is 0 Å². The van der Waals surface area contributed by atoms with Crippen molar-refractivity contribution in [2.75, 3.05) is 11.9 Å². The third-order valence-electron chi connectivity index (χ3n) is 5.97. The topological polar surface area (TPSA) is 62.5 Å². The van der Waals surface area contributed by atoms with E-state index < -0.39 is 0 Å². The molecule has 2 N–H and O–H groups in total. The molecule has 5 rings (SSSR count). The van der Waals surface area contributed by atoms with Gasteiger partial charge in [0.1, 0.15) is 5.82 Å². The zero-order chi connectivity index (χ0) is 18.2. The Balaban J connectivity index is 1.44. The summed E-state index contributed by atoms with van der Waals surface area (Å²) in [7, 11) is 0. The van der Waals surface area contributed by atoms with Gasteiger partial charge in [0.2, 0.25) is 0 Å². The molecule has 0 bridgehead atoms. The van der Waals surface area contributed by atoms with Crippen LogP contribution in [-0.4, -0.2) is 32.4 Å². The average Bonchev–Trinajstić information content (AvgIpc) is 3.35. The summed E-state index contributed by atoms with van der Waals surface area (Å²) >= 11 is 0. The largest absolute Gasteiger partial charge is 0.396 e. The third-order valence-corrected chi connectivity index (χ3v) is 5.97. The van der Waals surface area contributed by atoms with Gasteiger partial charge < -0.3 is 10.4 Å². The Morgan fingerprint density at radius 2 is 2.07 bits per heavy atom. The maximum atomic E-state index is 9.39. The Hall–Kier alpha value is -2.66. The van der Waals surface area contributed by atoms with Crippen molar-refractivity contribution in [3.05, 3.63) is 72.1 Å². The Kier molecular flexibility index (Phi) is 4.17. The van der Waals surface area contributed by atoms with E-state index in [1.807, 2.05) is 16.8 Å². The van der Waals surface area contributed by atoms with Crippen LogP contribution in [0.25, 0.3) is 5.65 Å². The van der Waals surface area contributed by atoms with Gasteiger partial charge in [-0.05, 0) is 36.8 Å². The molecule has 0 saturated heterocycles. The molecule has 1 saturated carbocycles. The number of fused-ring (bicyclic) bond motifs is 2. The lowest BCUT2D eigenvalue weighted by atomic mass is 9.78. The Labute approximate surface area is 158 Å². The zero-order valence-corrected chi connectivity index (χ0v) is 15.2. The number of anilines is 1. The first-order chi connectivity index (χ1) is 13.3. The van der Waals surface area contributed by atoms with Crippen molar-refractivity contribution in [2.45, 2.75) is 31.2 Å². The minimum Gasteiger partial charge on any atom is -0.396 e. The summed E-state index contributed by atoms with van der Waals surface area (Å²) in [5.41, 5.74) is 3.24. The summed E-state index contributed by atoms with van der Waals surface area (Å²) in [5, 5.41) is 17.9. The molecule has 2 heterocycles. The van der Waals surface area contributed by atoms with Crippen molar-refractivity contribution in [3.63, 3.8) is 0 Å². The number of nitrogens with zero attached hydrogens (tertiary/aromatic N) is 3. The van der Waals surface area contributed by atoms with Gasteiger partial charge in [0.15, 0.2) is 5.65 Å². The smallest absolute Gasteiger partial charge is 0.157 e. The van der Waals surface area contributed by atoms with Gasteiger partial charge in [-0.3, -0.25) is 0 Å². The number of allylic oxidation sites excluding steroid dienone is 8. The monoisotopic (exact) mass is 360 g/mol. The van der Waals surface area contributed by atoms with E-state index in [1.54, 1.807) is 0 Å². The molecule has 0 amide bonds. The van der Waals surface area contributed by atoms with E-state index in [0.717, 1.165) is 36.4 Å². The molecule has 1 fully saturated rings. The van der Waals surface area contributed by atoms with Crippen LogP contribution < -0.4 is 5.32 Å². The van der Waals surface area contributed by atoms with Gasteiger partial charge in [0.25, 0.3) is 0 Å². The van der Waals surface area contributed by atoms with Crippen molar-refractivity contribution in [1.82, 2.24) is 14.6 Å². The molecular weight excluding hydrogens is 336 g/mol. The van der Waals surface area contributed by atoms with E-state index in [-0.39, 0.29) is 12.5 Å². The normalized spacial score (nSPS) is 29.1. The molecule has 3 aliphatic carbocycles. The number of aliphatic hydroxyl groups excluding tert-OH is 1. The fraction of sp³-hybridized carbons (Fsp3) is 0.364. The lowest BCUT2D eigenvalue weighted by molar-refractivity contribution is 0.229. The van der Waals surface area contributed by atoms with Crippen molar-refractivity contribution < 1.29 is 5.11 Å². The highest BCUT2D eigenvalue weighted by molar-refractivity contribution is 5.52. The molecule has 0 aromatic carbocycles. The van der Waals surface area contributed by atoms with Crippen LogP contribution in [0.2, 0.25) is 0 Å². The van der Waals surface area contributed by atoms with Gasteiger partial charge in [-0.2, -0.15) is 9.61 Å². The van der Waals surface area contributed by atoms with Gasteiger partial charge in [-0.15, -0.1) is 0 Å². The van der Waals surface area contributed by atoms with Crippen LogP contribution in [0, 0.1) is 11.8 Å². The fourth-order valence-electron chi connectivity index (χ4n) is 4.52. The van der Waals surface area contributed by atoms with Crippen LogP contribution in [0.3, 0.4) is 0 Å². The second-order valence-corrected chi connectivity index (χ2v) is 7.72. The highest BCUT2D eigenvalue weighted by atomic mass is 16.3. The third kappa shape index (κ3) is 3.02. The molecule has 3 aliphatic rings. The molecule has 0 spiro atoms. The number of rotatable bonds is 4. The second kappa shape index (κ2) is 6.82. The molecular formula is C22H24N4O. The molecule has 27 heavy (non-hydrogen) atoms. The molecule has 138 valence electrons. The van der Waals surface area contributed by atoms with E-state index in [9.17, 15) is 5.11 Å². The first-order valence-corrected chi connectivity index (χ1v) is 9.77. The van der Waals surface area contributed by atoms with Gasteiger partial charge >= 0.3 is 0 Å². The predicted octanol–water partition coefficient (Wildman–Crippen LogP) is 3.62. The minimum atomic E-state index is 0.228. The van der Waals surface area contributed by atoms with Crippen LogP contribution in [0.1, 0.15) is 30.9 Å². The van der Waals surface area contributed by atoms with Crippen LogP contribution in [0.4, 0.5) is 5.82 Å². The summed E-state index contributed by atoms with van der Waals surface area (Å²) < 4.78 is 1.93. The molecule has 0 aliphatic heterocycles. The minimum absolute atomic E-state index is 0.228. The maximum absolute atomic E-state index is 9.39. The lowest BCUT2D eigenvalue weighted by Gasteiger charge is -2.26. The number of hydrogen-bond acceptors (Lipinski definition) is 4. The number of aromatic nitrogens is 3. The molecule has 5 heteroatoms. The highest BCUT2D eigenvalue weighted by Crippen LogP contribution is 2.37. The standard InChI is InChI=1S/C22H24N4O/c27-14-15-8-9-17(12-15)24-21-10-11-23-22-13-20(25-26(21)22)19-7-3-5-16-4-1-2-6-18(16)19/h1-7,10-11,13,15,17-19,24,27H,8-9,12,14H2/t15-,17+,18?,19?/m1/s1. The summed E-state index contributed by atoms with van der Waals surface area (Å²) in [4.78, 5) is 4.52. The van der Waals surface area contributed by atoms with Gasteiger partial charge in [0, 0.05) is 36.7 Å². The Morgan fingerprint density at radius 1 is 1.15 bits per heavy atom. The summed E-state index contributed by atoms with van der Waals surface area (Å²) in [6, 6.07) is 4.47. The maximum Gasteiger partial charge on any atom is 0.157 e. The number of nitrogens with one attached hydrogen (secondary N) is 1. The molecule has 2 unspecified atom stereocenters. The first kappa shape index (κ1) is 16.5. The van der Waals surface area contributed by atoms with E-state index in [2.05, 4.69) is 58.9 Å². The van der Waals surface area contributed by atoms with Crippen molar-refractivity contribution in [2.24, 2.45) is 11.8 Å². The quantitative estimate of drug-likeness (QED) is 0.874. The molecule has 2 aromatic rings. The van der Waals surface area contributed by atoms with Crippen molar-refractivity contribution in [3.8, 4) is 0 Å². The molecule has 2 aromatic heterocycles. The Bertz CT molecular complexity index is 968. The number of hydrogen-bond donors (Lipinski definition) is 2. The van der Waals surface area contributed by atoms with Gasteiger partial charge in [-0.25, -0.2) is 4.98 Å². The summed E-state index contributed by atoms with van der Waals surface area (Å²) in [5.74, 6) is 1.95. The summed E-state index contributed by atoms with van der Waals surface area (Å²) in [6.45, 7) is 0.281. The predicted molar refractivity (Wildman–Crippen MR) is 107 cm³/mol. The van der Waals surface area contributed by atoms with Crippen molar-refractivity contribution >= 4 is 11.5 Å². The van der Waals surface area contributed by atoms with E-state index in [0.29, 0.717) is 17.9 Å². The van der Waals surface area contributed by atoms with Crippen LogP contribution in [0.5, 0.6) is 0 Å². The Morgan fingerprint density at radius 3 is 2.96 bits per heavy atom. The van der Waals surface area contributed by atoms with Gasteiger partial charge in [-0.1, -0.05) is 42.5 Å². The molecule has 0 radical (unpaired) electrons. The van der Waals surface area contributed by atoms with Crippen molar-refractivity contribution in [1.29, 1.82) is 0 Å². The van der Waals surface area contributed by atoms with E-state index in [1.165, 1.54) is 5.57 Å². The zero-order valence-electron chi connectivity index (χ0n) is 15.2. The molecule has 4 atom stereocenters. The summed E-state index contributed by atoms with van der Waals surface area (Å²) in [6.07, 6.45) is 20.2.